The highest BCUT2D eigenvalue weighted by molar-refractivity contribution is 7.07. The van der Waals surface area contributed by atoms with Gasteiger partial charge in [-0.15, -0.1) is 0 Å². The van der Waals surface area contributed by atoms with E-state index in [0.717, 1.165) is 5.56 Å². The standard InChI is InChI=1S/C14H20N2O4S/c1-14(20-7-13(18)19)9-16(10-14)6-12(17)15(2)5-11-3-4-21-8-11/h3-4,8H,5-7,9-10H2,1-2H3,(H,18,19). The molecule has 0 atom stereocenters. The highest BCUT2D eigenvalue weighted by atomic mass is 32.1. The minimum absolute atomic E-state index is 0.0569. The number of carbonyl (C=O) groups is 2. The summed E-state index contributed by atoms with van der Waals surface area (Å²) in [7, 11) is 1.79. The third-order valence-electron chi connectivity index (χ3n) is 3.44. The number of likely N-dealkylation sites (tertiary alicyclic amines) is 1. The predicted molar refractivity (Wildman–Crippen MR) is 79.2 cm³/mol. The molecule has 116 valence electrons. The second-order valence-corrected chi connectivity index (χ2v) is 6.44. The molecule has 1 amide bonds. The summed E-state index contributed by atoms with van der Waals surface area (Å²) in [5, 5.41) is 12.6. The molecule has 0 spiro atoms. The van der Waals surface area contributed by atoms with E-state index in [2.05, 4.69) is 0 Å². The summed E-state index contributed by atoms with van der Waals surface area (Å²) in [6.07, 6.45) is 0. The van der Waals surface area contributed by atoms with E-state index in [1.165, 1.54) is 0 Å². The Hall–Kier alpha value is -1.44. The van der Waals surface area contributed by atoms with Gasteiger partial charge in [0.05, 0.1) is 12.1 Å². The van der Waals surface area contributed by atoms with Crippen LogP contribution >= 0.6 is 11.3 Å². The minimum Gasteiger partial charge on any atom is -0.480 e. The van der Waals surface area contributed by atoms with Crippen molar-refractivity contribution in [2.24, 2.45) is 0 Å². The quantitative estimate of drug-likeness (QED) is 0.809. The molecular weight excluding hydrogens is 292 g/mol. The lowest BCUT2D eigenvalue weighted by atomic mass is 9.96. The van der Waals surface area contributed by atoms with Crippen molar-refractivity contribution in [1.29, 1.82) is 0 Å². The lowest BCUT2D eigenvalue weighted by Crippen LogP contribution is -2.63. The molecule has 0 aromatic carbocycles. The molecule has 1 saturated heterocycles. The van der Waals surface area contributed by atoms with Crippen LogP contribution in [0.25, 0.3) is 0 Å². The molecule has 2 rings (SSSR count). The number of amides is 1. The van der Waals surface area contributed by atoms with E-state index >= 15 is 0 Å². The highest BCUT2D eigenvalue weighted by Crippen LogP contribution is 2.24. The van der Waals surface area contributed by atoms with Crippen LogP contribution in [0, 0.1) is 0 Å². The predicted octanol–water partition coefficient (Wildman–Crippen LogP) is 0.882. The maximum absolute atomic E-state index is 12.1. The van der Waals surface area contributed by atoms with E-state index < -0.39 is 11.6 Å². The molecule has 0 radical (unpaired) electrons. The highest BCUT2D eigenvalue weighted by Gasteiger charge is 2.41. The molecule has 0 aliphatic carbocycles. The molecule has 0 unspecified atom stereocenters. The van der Waals surface area contributed by atoms with Crippen LogP contribution in [0.5, 0.6) is 0 Å². The molecule has 1 fully saturated rings. The van der Waals surface area contributed by atoms with Crippen molar-refractivity contribution >= 4 is 23.2 Å². The van der Waals surface area contributed by atoms with Crippen molar-refractivity contribution in [1.82, 2.24) is 9.80 Å². The van der Waals surface area contributed by atoms with Gasteiger partial charge in [-0.25, -0.2) is 4.79 Å². The Morgan fingerprint density at radius 2 is 2.24 bits per heavy atom. The molecule has 1 aromatic rings. The molecule has 7 heteroatoms. The fourth-order valence-electron chi connectivity index (χ4n) is 2.40. The largest absolute Gasteiger partial charge is 0.480 e. The Labute approximate surface area is 127 Å². The van der Waals surface area contributed by atoms with Crippen molar-refractivity contribution in [2.75, 3.05) is 33.3 Å². The van der Waals surface area contributed by atoms with Crippen LogP contribution in [0.4, 0.5) is 0 Å². The zero-order valence-electron chi connectivity index (χ0n) is 12.2. The normalized spacial score (nSPS) is 17.2. The van der Waals surface area contributed by atoms with Crippen LogP contribution in [-0.2, 0) is 20.9 Å². The lowest BCUT2D eigenvalue weighted by Gasteiger charge is -2.47. The first-order valence-corrected chi connectivity index (χ1v) is 7.65. The van der Waals surface area contributed by atoms with Gasteiger partial charge in [0, 0.05) is 26.7 Å². The van der Waals surface area contributed by atoms with Gasteiger partial charge in [0.2, 0.25) is 5.91 Å². The third kappa shape index (κ3) is 4.52. The van der Waals surface area contributed by atoms with E-state index in [9.17, 15) is 9.59 Å². The molecule has 1 aromatic heterocycles. The molecule has 1 N–H and O–H groups in total. The first kappa shape index (κ1) is 15.9. The minimum atomic E-state index is -0.971. The average molecular weight is 312 g/mol. The fourth-order valence-corrected chi connectivity index (χ4v) is 3.06. The van der Waals surface area contributed by atoms with E-state index in [0.29, 0.717) is 26.2 Å². The Balaban J connectivity index is 1.71. The maximum Gasteiger partial charge on any atom is 0.329 e. The molecule has 2 heterocycles. The van der Waals surface area contributed by atoms with Crippen LogP contribution in [0.1, 0.15) is 12.5 Å². The van der Waals surface area contributed by atoms with E-state index in [-0.39, 0.29) is 12.5 Å². The van der Waals surface area contributed by atoms with Gasteiger partial charge in [0.1, 0.15) is 6.61 Å². The van der Waals surface area contributed by atoms with E-state index in [4.69, 9.17) is 9.84 Å². The number of carbonyl (C=O) groups excluding carboxylic acids is 1. The van der Waals surface area contributed by atoms with Crippen molar-refractivity contribution in [3.8, 4) is 0 Å². The monoisotopic (exact) mass is 312 g/mol. The average Bonchev–Trinajstić information content (AvgIpc) is 2.87. The summed E-state index contributed by atoms with van der Waals surface area (Å²) in [6, 6.07) is 2.01. The van der Waals surface area contributed by atoms with Gasteiger partial charge in [-0.3, -0.25) is 9.69 Å². The lowest BCUT2D eigenvalue weighted by molar-refractivity contribution is -0.167. The molecule has 0 bridgehead atoms. The molecular formula is C14H20N2O4S. The smallest absolute Gasteiger partial charge is 0.329 e. The number of likely N-dealkylation sites (N-methyl/N-ethyl adjacent to an activating group) is 1. The Bertz CT molecular complexity index is 497. The van der Waals surface area contributed by atoms with Crippen LogP contribution in [-0.4, -0.2) is 65.7 Å². The number of hydrogen-bond donors (Lipinski definition) is 1. The second kappa shape index (κ2) is 6.55. The molecule has 21 heavy (non-hydrogen) atoms. The number of aliphatic carboxylic acids is 1. The zero-order valence-corrected chi connectivity index (χ0v) is 13.1. The van der Waals surface area contributed by atoms with Crippen molar-refractivity contribution in [2.45, 2.75) is 19.1 Å². The Morgan fingerprint density at radius 1 is 1.52 bits per heavy atom. The van der Waals surface area contributed by atoms with Gasteiger partial charge in [-0.2, -0.15) is 11.3 Å². The van der Waals surface area contributed by atoms with E-state index in [1.54, 1.807) is 23.3 Å². The topological polar surface area (TPSA) is 70.1 Å². The Morgan fingerprint density at radius 3 is 2.81 bits per heavy atom. The third-order valence-corrected chi connectivity index (χ3v) is 4.18. The number of ether oxygens (including phenoxy) is 1. The van der Waals surface area contributed by atoms with Crippen LogP contribution in [0.3, 0.4) is 0 Å². The summed E-state index contributed by atoms with van der Waals surface area (Å²) in [5.74, 6) is -0.914. The number of carboxylic acid groups (broad SMARTS) is 1. The van der Waals surface area contributed by atoms with Crippen LogP contribution < -0.4 is 0 Å². The SMILES string of the molecule is CN(Cc1ccsc1)C(=O)CN1CC(C)(OCC(=O)O)C1. The number of hydrogen-bond acceptors (Lipinski definition) is 5. The molecule has 0 saturated carbocycles. The summed E-state index contributed by atoms with van der Waals surface area (Å²) >= 11 is 1.62. The molecule has 1 aliphatic heterocycles. The van der Waals surface area contributed by atoms with Gasteiger partial charge in [0.25, 0.3) is 0 Å². The van der Waals surface area contributed by atoms with Crippen LogP contribution in [0.2, 0.25) is 0 Å². The molecule has 1 aliphatic rings. The van der Waals surface area contributed by atoms with Gasteiger partial charge in [-0.1, -0.05) is 0 Å². The van der Waals surface area contributed by atoms with Gasteiger partial charge < -0.3 is 14.7 Å². The molecule has 6 nitrogen and oxygen atoms in total. The van der Waals surface area contributed by atoms with E-state index in [1.807, 2.05) is 28.7 Å². The summed E-state index contributed by atoms with van der Waals surface area (Å²) in [5.41, 5.74) is 0.680. The van der Waals surface area contributed by atoms with Crippen molar-refractivity contribution in [3.05, 3.63) is 22.4 Å². The van der Waals surface area contributed by atoms with Crippen molar-refractivity contribution in [3.63, 3.8) is 0 Å². The van der Waals surface area contributed by atoms with Gasteiger partial charge >= 0.3 is 5.97 Å². The fraction of sp³-hybridized carbons (Fsp3) is 0.571. The number of nitrogens with zero attached hydrogens (tertiary/aromatic N) is 2. The van der Waals surface area contributed by atoms with Crippen LogP contribution in [0.15, 0.2) is 16.8 Å². The first-order chi connectivity index (χ1) is 9.88. The Kier molecular flexibility index (Phi) is 4.97. The summed E-state index contributed by atoms with van der Waals surface area (Å²) in [4.78, 5) is 26.3. The van der Waals surface area contributed by atoms with Crippen molar-refractivity contribution < 1.29 is 19.4 Å². The van der Waals surface area contributed by atoms with Gasteiger partial charge in [0.15, 0.2) is 0 Å². The summed E-state index contributed by atoms with van der Waals surface area (Å²) in [6.45, 7) is 3.69. The number of carboxylic acids is 1. The first-order valence-electron chi connectivity index (χ1n) is 6.71. The second-order valence-electron chi connectivity index (χ2n) is 5.66. The number of thiophene rings is 1. The van der Waals surface area contributed by atoms with Gasteiger partial charge in [-0.05, 0) is 29.3 Å². The summed E-state index contributed by atoms with van der Waals surface area (Å²) < 4.78 is 5.32. The number of rotatable bonds is 7. The zero-order chi connectivity index (χ0) is 15.5. The maximum atomic E-state index is 12.1.